The van der Waals surface area contributed by atoms with Gasteiger partial charge in [0.25, 0.3) is 10.2 Å². The van der Waals surface area contributed by atoms with Crippen LogP contribution in [0.4, 0.5) is 0 Å². The van der Waals surface area contributed by atoms with Crippen LogP contribution in [0.25, 0.3) is 0 Å². The zero-order valence-corrected chi connectivity index (χ0v) is 10.3. The molecule has 0 spiro atoms. The lowest BCUT2D eigenvalue weighted by atomic mass is 10.0. The maximum Gasteiger partial charge on any atom is 0.275 e. The molecular weight excluding hydrogens is 250 g/mol. The van der Waals surface area contributed by atoms with Crippen molar-refractivity contribution in [2.45, 2.75) is 6.04 Å². The van der Waals surface area contributed by atoms with E-state index in [4.69, 9.17) is 5.14 Å². The fraction of sp³-hybridized carbons (Fsp3) is 0.0833. The molecule has 2 rings (SSSR count). The third-order valence-electron chi connectivity index (χ3n) is 2.40. The van der Waals surface area contributed by atoms with Crippen molar-refractivity contribution in [3.8, 4) is 0 Å². The summed E-state index contributed by atoms with van der Waals surface area (Å²) in [4.78, 5) is 4.16. The molecule has 1 aromatic carbocycles. The lowest BCUT2D eigenvalue weighted by Gasteiger charge is -2.17. The molecule has 0 saturated carbocycles. The van der Waals surface area contributed by atoms with Crippen LogP contribution in [-0.4, -0.2) is 13.4 Å². The van der Waals surface area contributed by atoms with Crippen LogP contribution in [0, 0.1) is 0 Å². The average molecular weight is 263 g/mol. The normalized spacial score (nSPS) is 13.2. The Morgan fingerprint density at radius 3 is 2.28 bits per heavy atom. The minimum Gasteiger partial charge on any atom is -0.259 e. The van der Waals surface area contributed by atoms with E-state index < -0.39 is 16.3 Å². The van der Waals surface area contributed by atoms with Crippen LogP contribution in [0.5, 0.6) is 0 Å². The number of aromatic nitrogens is 1. The van der Waals surface area contributed by atoms with Gasteiger partial charge in [-0.3, -0.25) is 4.98 Å². The van der Waals surface area contributed by atoms with Crippen LogP contribution < -0.4 is 9.86 Å². The summed E-state index contributed by atoms with van der Waals surface area (Å²) in [6.07, 6.45) is 1.61. The molecule has 1 heterocycles. The average Bonchev–Trinajstić information content (AvgIpc) is 2.37. The molecule has 0 unspecified atom stereocenters. The largest absolute Gasteiger partial charge is 0.275 e. The summed E-state index contributed by atoms with van der Waals surface area (Å²) >= 11 is 0. The van der Waals surface area contributed by atoms with E-state index in [0.717, 1.165) is 5.56 Å². The molecule has 0 aliphatic heterocycles. The van der Waals surface area contributed by atoms with E-state index in [0.29, 0.717) is 5.69 Å². The van der Waals surface area contributed by atoms with Gasteiger partial charge in [0, 0.05) is 6.20 Å². The van der Waals surface area contributed by atoms with Gasteiger partial charge in [0.1, 0.15) is 0 Å². The molecule has 2 aromatic rings. The lowest BCUT2D eigenvalue weighted by Crippen LogP contribution is -2.35. The summed E-state index contributed by atoms with van der Waals surface area (Å²) in [5, 5.41) is 5.04. The summed E-state index contributed by atoms with van der Waals surface area (Å²) in [6, 6.07) is 13.9. The quantitative estimate of drug-likeness (QED) is 0.861. The monoisotopic (exact) mass is 263 g/mol. The highest BCUT2D eigenvalue weighted by atomic mass is 32.2. The summed E-state index contributed by atoms with van der Waals surface area (Å²) < 4.78 is 24.8. The molecule has 0 radical (unpaired) electrons. The smallest absolute Gasteiger partial charge is 0.259 e. The number of pyridine rings is 1. The van der Waals surface area contributed by atoms with Gasteiger partial charge in [0.05, 0.1) is 11.7 Å². The zero-order chi connectivity index (χ0) is 13.0. The molecule has 0 saturated heterocycles. The molecule has 3 N–H and O–H groups in total. The first kappa shape index (κ1) is 12.7. The fourth-order valence-corrected chi connectivity index (χ4v) is 2.24. The fourth-order valence-electron chi connectivity index (χ4n) is 1.66. The molecule has 1 aromatic heterocycles. The molecule has 1 atom stereocenters. The van der Waals surface area contributed by atoms with E-state index in [2.05, 4.69) is 9.71 Å². The van der Waals surface area contributed by atoms with Gasteiger partial charge in [-0.2, -0.15) is 13.1 Å². The van der Waals surface area contributed by atoms with Gasteiger partial charge < -0.3 is 0 Å². The van der Waals surface area contributed by atoms with Gasteiger partial charge in [0.2, 0.25) is 0 Å². The van der Waals surface area contributed by atoms with Crippen LogP contribution in [0.2, 0.25) is 0 Å². The molecular formula is C12H13N3O2S. The SMILES string of the molecule is NS(=O)(=O)N[C@H](c1ccccc1)c1ccccn1. The Morgan fingerprint density at radius 1 is 1.06 bits per heavy atom. The van der Waals surface area contributed by atoms with Crippen molar-refractivity contribution in [1.29, 1.82) is 0 Å². The van der Waals surface area contributed by atoms with Gasteiger partial charge in [-0.1, -0.05) is 36.4 Å². The second-order valence-electron chi connectivity index (χ2n) is 3.76. The van der Waals surface area contributed by atoms with E-state index in [-0.39, 0.29) is 0 Å². The molecule has 0 fully saturated rings. The van der Waals surface area contributed by atoms with Crippen molar-refractivity contribution in [3.63, 3.8) is 0 Å². The van der Waals surface area contributed by atoms with Crippen LogP contribution in [0.3, 0.4) is 0 Å². The minimum absolute atomic E-state index is 0.581. The highest BCUT2D eigenvalue weighted by Gasteiger charge is 2.19. The number of benzene rings is 1. The van der Waals surface area contributed by atoms with Crippen molar-refractivity contribution < 1.29 is 8.42 Å². The Labute approximate surface area is 106 Å². The molecule has 0 bridgehead atoms. The Kier molecular flexibility index (Phi) is 3.71. The van der Waals surface area contributed by atoms with Gasteiger partial charge >= 0.3 is 0 Å². The number of hydrogen-bond donors (Lipinski definition) is 2. The third kappa shape index (κ3) is 3.36. The van der Waals surface area contributed by atoms with Crippen molar-refractivity contribution in [1.82, 2.24) is 9.71 Å². The molecule has 6 heteroatoms. The number of nitrogens with zero attached hydrogens (tertiary/aromatic N) is 1. The Balaban J connectivity index is 2.42. The Hall–Kier alpha value is -1.76. The summed E-state index contributed by atoms with van der Waals surface area (Å²) in [5.74, 6) is 0. The zero-order valence-electron chi connectivity index (χ0n) is 9.52. The van der Waals surface area contributed by atoms with Crippen molar-refractivity contribution in [3.05, 3.63) is 66.0 Å². The van der Waals surface area contributed by atoms with Gasteiger partial charge in [0.15, 0.2) is 0 Å². The predicted octanol–water partition coefficient (Wildman–Crippen LogP) is 0.964. The minimum atomic E-state index is -3.81. The molecule has 0 aliphatic rings. The maximum absolute atomic E-state index is 11.2. The van der Waals surface area contributed by atoms with Gasteiger partial charge in [-0.15, -0.1) is 0 Å². The summed E-state index contributed by atoms with van der Waals surface area (Å²) in [6.45, 7) is 0. The van der Waals surface area contributed by atoms with E-state index in [1.807, 2.05) is 30.3 Å². The third-order valence-corrected chi connectivity index (χ3v) is 2.96. The number of nitrogens with two attached hydrogens (primary N) is 1. The Morgan fingerprint density at radius 2 is 1.72 bits per heavy atom. The van der Waals surface area contributed by atoms with Crippen molar-refractivity contribution >= 4 is 10.2 Å². The maximum atomic E-state index is 11.2. The lowest BCUT2D eigenvalue weighted by molar-refractivity contribution is 0.572. The molecule has 0 amide bonds. The van der Waals surface area contributed by atoms with E-state index >= 15 is 0 Å². The first-order valence-electron chi connectivity index (χ1n) is 5.32. The molecule has 0 aliphatic carbocycles. The second-order valence-corrected chi connectivity index (χ2v) is 5.09. The summed E-state index contributed by atoms with van der Waals surface area (Å²) in [7, 11) is -3.81. The van der Waals surface area contributed by atoms with E-state index in [9.17, 15) is 8.42 Å². The first-order valence-corrected chi connectivity index (χ1v) is 6.87. The second kappa shape index (κ2) is 5.26. The molecule has 94 valence electrons. The van der Waals surface area contributed by atoms with Crippen LogP contribution in [0.15, 0.2) is 54.7 Å². The predicted molar refractivity (Wildman–Crippen MR) is 68.8 cm³/mol. The highest BCUT2D eigenvalue weighted by molar-refractivity contribution is 7.87. The standard InChI is InChI=1S/C12H13N3O2S/c13-18(16,17)15-12(10-6-2-1-3-7-10)11-8-4-5-9-14-11/h1-9,12,15H,(H2,13,16,17)/t12-/m1/s1. The highest BCUT2D eigenvalue weighted by Crippen LogP contribution is 2.20. The number of rotatable bonds is 4. The topological polar surface area (TPSA) is 85.1 Å². The molecule has 18 heavy (non-hydrogen) atoms. The summed E-state index contributed by atoms with van der Waals surface area (Å²) in [5.41, 5.74) is 1.38. The Bertz CT molecular complexity index is 560. The van der Waals surface area contributed by atoms with Crippen molar-refractivity contribution in [2.24, 2.45) is 5.14 Å². The van der Waals surface area contributed by atoms with Gasteiger partial charge in [-0.25, -0.2) is 5.14 Å². The van der Waals surface area contributed by atoms with Gasteiger partial charge in [-0.05, 0) is 17.7 Å². The number of hydrogen-bond acceptors (Lipinski definition) is 3. The van der Waals surface area contributed by atoms with Crippen molar-refractivity contribution in [2.75, 3.05) is 0 Å². The van der Waals surface area contributed by atoms with Crippen LogP contribution in [0.1, 0.15) is 17.3 Å². The first-order chi connectivity index (χ1) is 8.56. The van der Waals surface area contributed by atoms with E-state index in [1.165, 1.54) is 0 Å². The van der Waals surface area contributed by atoms with E-state index in [1.54, 1.807) is 24.4 Å². The molecule has 5 nitrogen and oxygen atoms in total. The number of nitrogens with one attached hydrogen (secondary N) is 1. The van der Waals surface area contributed by atoms with Crippen LogP contribution in [-0.2, 0) is 10.2 Å². The van der Waals surface area contributed by atoms with Crippen LogP contribution >= 0.6 is 0 Å².